The second-order valence-electron chi connectivity index (χ2n) is 5.54. The van der Waals surface area contributed by atoms with Crippen LogP contribution in [0.15, 0.2) is 55.1 Å². The number of amides is 1. The average Bonchev–Trinajstić information content (AvgIpc) is 2.52. The van der Waals surface area contributed by atoms with E-state index >= 15 is 0 Å². The number of likely N-dealkylation sites (tertiary alicyclic amines) is 1. The van der Waals surface area contributed by atoms with Crippen LogP contribution in [0.1, 0.15) is 31.7 Å². The summed E-state index contributed by atoms with van der Waals surface area (Å²) in [6, 6.07) is 9.80. The molecule has 21 heavy (non-hydrogen) atoms. The fourth-order valence-electron chi connectivity index (χ4n) is 2.80. The van der Waals surface area contributed by atoms with Gasteiger partial charge in [0.15, 0.2) is 0 Å². The number of carbonyl (C=O) groups is 1. The van der Waals surface area contributed by atoms with Gasteiger partial charge in [-0.1, -0.05) is 48.6 Å². The summed E-state index contributed by atoms with van der Waals surface area (Å²) >= 11 is 0. The lowest BCUT2D eigenvalue weighted by atomic mass is 9.92. The molecule has 1 aliphatic heterocycles. The van der Waals surface area contributed by atoms with Gasteiger partial charge in [0.1, 0.15) is 6.61 Å². The van der Waals surface area contributed by atoms with E-state index in [4.69, 9.17) is 4.74 Å². The van der Waals surface area contributed by atoms with E-state index in [1.54, 1.807) is 4.90 Å². The van der Waals surface area contributed by atoms with Gasteiger partial charge in [-0.25, -0.2) is 4.79 Å². The van der Waals surface area contributed by atoms with Crippen LogP contribution in [0.2, 0.25) is 0 Å². The lowest BCUT2D eigenvalue weighted by Crippen LogP contribution is -2.49. The van der Waals surface area contributed by atoms with Crippen molar-refractivity contribution in [2.24, 2.45) is 0 Å². The fraction of sp³-hybridized carbons (Fsp3) is 0.389. The Morgan fingerprint density at radius 3 is 2.71 bits per heavy atom. The summed E-state index contributed by atoms with van der Waals surface area (Å²) in [5, 5.41) is 0. The number of piperidine rings is 1. The second kappa shape index (κ2) is 7.11. The highest BCUT2D eigenvalue weighted by Crippen LogP contribution is 2.28. The highest BCUT2D eigenvalue weighted by atomic mass is 16.6. The summed E-state index contributed by atoms with van der Waals surface area (Å²) in [6.45, 7) is 10.1. The van der Waals surface area contributed by atoms with Gasteiger partial charge >= 0.3 is 6.09 Å². The predicted octanol–water partition coefficient (Wildman–Crippen LogP) is 4.31. The standard InChI is InChI=1S/C18H23NO2/c1-4-16-11-8-12-17(14(2)3)19(16)18(20)21-13-15-9-6-5-7-10-15/h4-7,9-10,16-17H,1-2,8,11-13H2,3H3/t16-,17-/m0/s1. The van der Waals surface area contributed by atoms with E-state index < -0.39 is 0 Å². The van der Waals surface area contributed by atoms with Crippen molar-refractivity contribution in [1.29, 1.82) is 0 Å². The number of hydrogen-bond donors (Lipinski definition) is 0. The Bertz CT molecular complexity index is 509. The molecule has 0 N–H and O–H groups in total. The molecule has 0 unspecified atom stereocenters. The molecular weight excluding hydrogens is 262 g/mol. The molecular formula is C18H23NO2. The molecule has 0 bridgehead atoms. The molecule has 1 aliphatic rings. The first-order valence-electron chi connectivity index (χ1n) is 7.40. The van der Waals surface area contributed by atoms with Gasteiger partial charge in [0.05, 0.1) is 12.1 Å². The highest BCUT2D eigenvalue weighted by Gasteiger charge is 2.34. The van der Waals surface area contributed by atoms with Crippen molar-refractivity contribution in [1.82, 2.24) is 4.90 Å². The Morgan fingerprint density at radius 2 is 2.10 bits per heavy atom. The van der Waals surface area contributed by atoms with Crippen molar-refractivity contribution < 1.29 is 9.53 Å². The number of carbonyl (C=O) groups excluding carboxylic acids is 1. The van der Waals surface area contributed by atoms with E-state index in [2.05, 4.69) is 13.2 Å². The monoisotopic (exact) mass is 285 g/mol. The van der Waals surface area contributed by atoms with Crippen LogP contribution < -0.4 is 0 Å². The van der Waals surface area contributed by atoms with Gasteiger partial charge in [0.2, 0.25) is 0 Å². The molecule has 0 radical (unpaired) electrons. The molecule has 112 valence electrons. The maximum absolute atomic E-state index is 12.5. The molecule has 1 heterocycles. The molecule has 1 aromatic carbocycles. The Morgan fingerprint density at radius 1 is 1.38 bits per heavy atom. The molecule has 0 spiro atoms. The van der Waals surface area contributed by atoms with Gasteiger partial charge < -0.3 is 4.74 Å². The van der Waals surface area contributed by atoms with Crippen LogP contribution in [0, 0.1) is 0 Å². The molecule has 3 nitrogen and oxygen atoms in total. The first-order chi connectivity index (χ1) is 10.1. The van der Waals surface area contributed by atoms with Crippen molar-refractivity contribution >= 4 is 6.09 Å². The number of rotatable bonds is 4. The minimum Gasteiger partial charge on any atom is -0.445 e. The van der Waals surface area contributed by atoms with Crippen LogP contribution >= 0.6 is 0 Å². The summed E-state index contributed by atoms with van der Waals surface area (Å²) < 4.78 is 5.48. The van der Waals surface area contributed by atoms with Crippen molar-refractivity contribution in [2.45, 2.75) is 44.9 Å². The van der Waals surface area contributed by atoms with Crippen LogP contribution in [0.4, 0.5) is 4.79 Å². The summed E-state index contributed by atoms with van der Waals surface area (Å²) in [5.74, 6) is 0. The minimum absolute atomic E-state index is 0.0312. The zero-order valence-electron chi connectivity index (χ0n) is 12.6. The van der Waals surface area contributed by atoms with E-state index in [1.807, 2.05) is 43.3 Å². The third kappa shape index (κ3) is 3.75. The highest BCUT2D eigenvalue weighted by molar-refractivity contribution is 5.69. The predicted molar refractivity (Wildman–Crippen MR) is 84.9 cm³/mol. The van der Waals surface area contributed by atoms with E-state index in [-0.39, 0.29) is 18.2 Å². The zero-order valence-corrected chi connectivity index (χ0v) is 12.6. The van der Waals surface area contributed by atoms with E-state index in [1.165, 1.54) is 0 Å². The fourth-order valence-corrected chi connectivity index (χ4v) is 2.80. The number of hydrogen-bond acceptors (Lipinski definition) is 2. The number of ether oxygens (including phenoxy) is 1. The third-order valence-corrected chi connectivity index (χ3v) is 3.93. The van der Waals surface area contributed by atoms with Gasteiger partial charge in [-0.15, -0.1) is 6.58 Å². The Balaban J connectivity index is 2.06. The van der Waals surface area contributed by atoms with Gasteiger partial charge in [-0.3, -0.25) is 4.90 Å². The van der Waals surface area contributed by atoms with Crippen LogP contribution in [0.5, 0.6) is 0 Å². The second-order valence-corrected chi connectivity index (χ2v) is 5.54. The summed E-state index contributed by atoms with van der Waals surface area (Å²) in [4.78, 5) is 14.3. The molecule has 0 aromatic heterocycles. The van der Waals surface area contributed by atoms with E-state index in [0.29, 0.717) is 6.61 Å². The maximum Gasteiger partial charge on any atom is 0.411 e. The van der Waals surface area contributed by atoms with Crippen LogP contribution in [0.3, 0.4) is 0 Å². The van der Waals surface area contributed by atoms with Crippen LogP contribution in [-0.4, -0.2) is 23.1 Å². The van der Waals surface area contributed by atoms with Gasteiger partial charge in [0, 0.05) is 0 Å². The summed E-state index contributed by atoms with van der Waals surface area (Å²) in [5.41, 5.74) is 1.99. The zero-order chi connectivity index (χ0) is 15.2. The van der Waals surface area contributed by atoms with Crippen molar-refractivity contribution in [3.05, 3.63) is 60.7 Å². The Labute approximate surface area is 126 Å². The molecule has 1 amide bonds. The van der Waals surface area contributed by atoms with Crippen LogP contribution in [-0.2, 0) is 11.3 Å². The SMILES string of the molecule is C=C[C@H]1CCC[C@@H](C(=C)C)N1C(=O)OCc1ccccc1. The smallest absolute Gasteiger partial charge is 0.411 e. The lowest BCUT2D eigenvalue weighted by molar-refractivity contribution is 0.0612. The molecule has 1 aromatic rings. The lowest BCUT2D eigenvalue weighted by Gasteiger charge is -2.40. The molecule has 0 aliphatic carbocycles. The molecule has 1 saturated heterocycles. The molecule has 2 rings (SSSR count). The maximum atomic E-state index is 12.5. The summed E-state index contributed by atoms with van der Waals surface area (Å²) in [7, 11) is 0. The largest absolute Gasteiger partial charge is 0.445 e. The summed E-state index contributed by atoms with van der Waals surface area (Å²) in [6.07, 6.45) is 4.51. The first-order valence-corrected chi connectivity index (χ1v) is 7.40. The molecule has 1 fully saturated rings. The minimum atomic E-state index is -0.281. The topological polar surface area (TPSA) is 29.5 Å². The normalized spacial score (nSPS) is 21.7. The van der Waals surface area contributed by atoms with E-state index in [9.17, 15) is 4.79 Å². The average molecular weight is 285 g/mol. The Hall–Kier alpha value is -2.03. The number of benzene rings is 1. The molecule has 0 saturated carbocycles. The third-order valence-electron chi connectivity index (χ3n) is 3.93. The van der Waals surface area contributed by atoms with Gasteiger partial charge in [-0.05, 0) is 31.7 Å². The van der Waals surface area contributed by atoms with Crippen molar-refractivity contribution in [3.8, 4) is 0 Å². The number of nitrogens with zero attached hydrogens (tertiary/aromatic N) is 1. The van der Waals surface area contributed by atoms with E-state index in [0.717, 1.165) is 30.4 Å². The molecule has 3 heteroatoms. The van der Waals surface area contributed by atoms with Crippen LogP contribution in [0.25, 0.3) is 0 Å². The first kappa shape index (κ1) is 15.4. The quantitative estimate of drug-likeness (QED) is 0.772. The Kier molecular flexibility index (Phi) is 5.20. The van der Waals surface area contributed by atoms with Gasteiger partial charge in [-0.2, -0.15) is 0 Å². The van der Waals surface area contributed by atoms with Gasteiger partial charge in [0.25, 0.3) is 0 Å². The van der Waals surface area contributed by atoms with Crippen molar-refractivity contribution in [3.63, 3.8) is 0 Å². The molecule has 2 atom stereocenters. The van der Waals surface area contributed by atoms with Crippen molar-refractivity contribution in [2.75, 3.05) is 0 Å².